The number of benzene rings is 1. The second-order valence-electron chi connectivity index (χ2n) is 5.81. The lowest BCUT2D eigenvalue weighted by molar-refractivity contribution is -0.384. The SMILES string of the molecule is CNC1CCCN(C(=O)c2ccc(-n3ccnc3)c([N+](=O)[O-])c2)C1.Cl.Cl. The molecule has 1 amide bonds. The van der Waals surface area contributed by atoms with Gasteiger partial charge >= 0.3 is 0 Å². The Morgan fingerprint density at radius 2 is 2.15 bits per heavy atom. The highest BCUT2D eigenvalue weighted by Gasteiger charge is 2.25. The number of hydrogen-bond donors (Lipinski definition) is 1. The van der Waals surface area contributed by atoms with E-state index < -0.39 is 4.92 Å². The number of hydrogen-bond acceptors (Lipinski definition) is 5. The number of nitrogens with zero attached hydrogens (tertiary/aromatic N) is 4. The van der Waals surface area contributed by atoms with Crippen molar-refractivity contribution in [1.29, 1.82) is 0 Å². The number of nitrogens with one attached hydrogen (secondary N) is 1. The fourth-order valence-corrected chi connectivity index (χ4v) is 3.00. The molecular formula is C16H21Cl2N5O3. The number of imidazole rings is 1. The van der Waals surface area contributed by atoms with E-state index in [1.54, 1.807) is 34.0 Å². The number of nitro benzene ring substituents is 1. The fourth-order valence-electron chi connectivity index (χ4n) is 3.00. The normalized spacial score (nSPS) is 16.3. The van der Waals surface area contributed by atoms with Gasteiger partial charge in [0.1, 0.15) is 5.69 Å². The number of piperidine rings is 1. The van der Waals surface area contributed by atoms with Crippen LogP contribution in [-0.4, -0.2) is 51.5 Å². The monoisotopic (exact) mass is 401 g/mol. The third kappa shape index (κ3) is 4.51. The quantitative estimate of drug-likeness (QED) is 0.627. The number of likely N-dealkylation sites (N-methyl/N-ethyl adjacent to an activating group) is 1. The minimum absolute atomic E-state index is 0. The molecule has 1 atom stereocenters. The molecule has 2 heterocycles. The summed E-state index contributed by atoms with van der Waals surface area (Å²) in [6.07, 6.45) is 6.62. The van der Waals surface area contributed by atoms with Crippen molar-refractivity contribution in [3.8, 4) is 5.69 Å². The fraction of sp³-hybridized carbons (Fsp3) is 0.375. The summed E-state index contributed by atoms with van der Waals surface area (Å²) in [5.41, 5.74) is 0.615. The standard InChI is InChI=1S/C16H19N5O3.2ClH/c1-17-13-3-2-7-19(10-13)16(22)12-4-5-14(15(9-12)21(23)24)20-8-6-18-11-20;;/h4-6,8-9,11,13,17H,2-3,7,10H2,1H3;2*1H. The lowest BCUT2D eigenvalue weighted by Gasteiger charge is -2.32. The highest BCUT2D eigenvalue weighted by atomic mass is 35.5. The molecule has 0 aliphatic carbocycles. The van der Waals surface area contributed by atoms with E-state index >= 15 is 0 Å². The van der Waals surface area contributed by atoms with Crippen LogP contribution in [0.25, 0.3) is 5.69 Å². The third-order valence-electron chi connectivity index (χ3n) is 4.32. The summed E-state index contributed by atoms with van der Waals surface area (Å²) in [4.78, 5) is 29.3. The van der Waals surface area contributed by atoms with Crippen molar-refractivity contribution in [3.63, 3.8) is 0 Å². The van der Waals surface area contributed by atoms with Crippen LogP contribution >= 0.6 is 24.8 Å². The van der Waals surface area contributed by atoms with Gasteiger partial charge in [-0.1, -0.05) is 0 Å². The maximum atomic E-state index is 12.7. The number of amides is 1. The van der Waals surface area contributed by atoms with E-state index in [0.717, 1.165) is 12.8 Å². The molecule has 142 valence electrons. The first-order valence-electron chi connectivity index (χ1n) is 7.83. The van der Waals surface area contributed by atoms with Crippen LogP contribution in [0.5, 0.6) is 0 Å². The number of carbonyl (C=O) groups excluding carboxylic acids is 1. The highest BCUT2D eigenvalue weighted by Crippen LogP contribution is 2.25. The Kier molecular flexibility index (Phi) is 8.01. The summed E-state index contributed by atoms with van der Waals surface area (Å²) in [5, 5.41) is 14.6. The van der Waals surface area contributed by atoms with Gasteiger partial charge < -0.3 is 14.8 Å². The average Bonchev–Trinajstić information content (AvgIpc) is 3.15. The second-order valence-corrected chi connectivity index (χ2v) is 5.81. The van der Waals surface area contributed by atoms with Gasteiger partial charge in [-0.3, -0.25) is 14.9 Å². The largest absolute Gasteiger partial charge is 0.337 e. The van der Waals surface area contributed by atoms with Crippen LogP contribution in [-0.2, 0) is 0 Å². The lowest BCUT2D eigenvalue weighted by atomic mass is 10.0. The number of likely N-dealkylation sites (tertiary alicyclic amines) is 1. The molecular weight excluding hydrogens is 381 g/mol. The molecule has 1 aromatic carbocycles. The molecule has 0 saturated carbocycles. The van der Waals surface area contributed by atoms with Gasteiger partial charge in [-0.15, -0.1) is 24.8 Å². The van der Waals surface area contributed by atoms with Gasteiger partial charge in [-0.2, -0.15) is 0 Å². The zero-order valence-electron chi connectivity index (χ0n) is 14.2. The summed E-state index contributed by atoms with van der Waals surface area (Å²) >= 11 is 0. The van der Waals surface area contributed by atoms with Gasteiger partial charge in [-0.25, -0.2) is 4.98 Å². The van der Waals surface area contributed by atoms with Crippen molar-refractivity contribution >= 4 is 36.4 Å². The summed E-state index contributed by atoms with van der Waals surface area (Å²) in [5.74, 6) is -0.171. The minimum atomic E-state index is -0.473. The van der Waals surface area contributed by atoms with Crippen molar-refractivity contribution in [1.82, 2.24) is 19.8 Å². The minimum Gasteiger partial charge on any atom is -0.337 e. The Hall–Kier alpha value is -2.16. The number of nitro groups is 1. The van der Waals surface area contributed by atoms with E-state index in [9.17, 15) is 14.9 Å². The maximum absolute atomic E-state index is 12.7. The molecule has 1 aliphatic heterocycles. The molecule has 8 nitrogen and oxygen atoms in total. The van der Waals surface area contributed by atoms with Crippen molar-refractivity contribution < 1.29 is 9.72 Å². The van der Waals surface area contributed by atoms with Crippen LogP contribution in [0, 0.1) is 10.1 Å². The van der Waals surface area contributed by atoms with E-state index in [-0.39, 0.29) is 42.5 Å². The molecule has 1 aliphatic rings. The predicted octanol–water partition coefficient (Wildman–Crippen LogP) is 2.45. The van der Waals surface area contributed by atoms with Crippen LogP contribution in [0.2, 0.25) is 0 Å². The van der Waals surface area contributed by atoms with Crippen LogP contribution in [0.3, 0.4) is 0 Å². The summed E-state index contributed by atoms with van der Waals surface area (Å²) in [7, 11) is 1.88. The molecule has 26 heavy (non-hydrogen) atoms. The predicted molar refractivity (Wildman–Crippen MR) is 103 cm³/mol. The Morgan fingerprint density at radius 1 is 1.38 bits per heavy atom. The first-order chi connectivity index (χ1) is 11.6. The second kappa shape index (κ2) is 9.51. The van der Waals surface area contributed by atoms with E-state index in [1.807, 2.05) is 7.05 Å². The number of halogens is 2. The first kappa shape index (κ1) is 21.9. The number of carbonyl (C=O) groups is 1. The molecule has 3 rings (SSSR count). The molecule has 0 bridgehead atoms. The average molecular weight is 402 g/mol. The molecule has 1 N–H and O–H groups in total. The Balaban J connectivity index is 0.00000169. The van der Waals surface area contributed by atoms with Crippen molar-refractivity contribution in [2.75, 3.05) is 20.1 Å². The van der Waals surface area contributed by atoms with Crippen LogP contribution in [0.4, 0.5) is 5.69 Å². The Bertz CT molecular complexity index is 754. The van der Waals surface area contributed by atoms with E-state index in [4.69, 9.17) is 0 Å². The highest BCUT2D eigenvalue weighted by molar-refractivity contribution is 5.95. The molecule has 1 unspecified atom stereocenters. The van der Waals surface area contributed by atoms with E-state index in [2.05, 4.69) is 10.3 Å². The molecule has 0 radical (unpaired) electrons. The smallest absolute Gasteiger partial charge is 0.294 e. The molecule has 1 aromatic heterocycles. The number of aromatic nitrogens is 2. The summed E-state index contributed by atoms with van der Waals surface area (Å²) in [6.45, 7) is 1.29. The molecule has 0 spiro atoms. The summed E-state index contributed by atoms with van der Waals surface area (Å²) in [6, 6.07) is 4.84. The van der Waals surface area contributed by atoms with Crippen LogP contribution < -0.4 is 5.32 Å². The van der Waals surface area contributed by atoms with Gasteiger partial charge in [-0.05, 0) is 32.0 Å². The van der Waals surface area contributed by atoms with Gasteiger partial charge in [0.25, 0.3) is 11.6 Å². The zero-order chi connectivity index (χ0) is 17.1. The van der Waals surface area contributed by atoms with Gasteiger partial charge in [0, 0.05) is 43.2 Å². The van der Waals surface area contributed by atoms with E-state index in [0.29, 0.717) is 24.3 Å². The molecule has 2 aromatic rings. The zero-order valence-corrected chi connectivity index (χ0v) is 15.8. The summed E-state index contributed by atoms with van der Waals surface area (Å²) < 4.78 is 1.56. The van der Waals surface area contributed by atoms with Crippen molar-refractivity contribution in [3.05, 3.63) is 52.6 Å². The first-order valence-corrected chi connectivity index (χ1v) is 7.83. The van der Waals surface area contributed by atoms with Gasteiger partial charge in [0.15, 0.2) is 0 Å². The van der Waals surface area contributed by atoms with Gasteiger partial charge in [0.2, 0.25) is 0 Å². The Labute approximate surface area is 163 Å². The number of rotatable bonds is 4. The molecule has 1 saturated heterocycles. The maximum Gasteiger partial charge on any atom is 0.294 e. The third-order valence-corrected chi connectivity index (χ3v) is 4.32. The molecule has 1 fully saturated rings. The topological polar surface area (TPSA) is 93.3 Å². The van der Waals surface area contributed by atoms with Crippen LogP contribution in [0.1, 0.15) is 23.2 Å². The van der Waals surface area contributed by atoms with Crippen molar-refractivity contribution in [2.24, 2.45) is 0 Å². The molecule has 10 heteroatoms. The van der Waals surface area contributed by atoms with Gasteiger partial charge in [0.05, 0.1) is 11.3 Å². The van der Waals surface area contributed by atoms with E-state index in [1.165, 1.54) is 12.4 Å². The van der Waals surface area contributed by atoms with Crippen LogP contribution in [0.15, 0.2) is 36.9 Å². The Morgan fingerprint density at radius 3 is 2.77 bits per heavy atom. The lowest BCUT2D eigenvalue weighted by Crippen LogP contribution is -2.46. The van der Waals surface area contributed by atoms with Crippen molar-refractivity contribution in [2.45, 2.75) is 18.9 Å².